The van der Waals surface area contributed by atoms with Crippen LogP contribution in [0.2, 0.25) is 0 Å². The zero-order valence-electron chi connectivity index (χ0n) is 15.2. The lowest BCUT2D eigenvalue weighted by Gasteiger charge is -2.14. The Morgan fingerprint density at radius 2 is 1.86 bits per heavy atom. The van der Waals surface area contributed by atoms with E-state index >= 15 is 0 Å². The Balaban J connectivity index is 2.03. The molecule has 1 aromatic heterocycles. The van der Waals surface area contributed by atoms with E-state index in [4.69, 9.17) is 10.8 Å². The number of nitrogen functional groups attached to an aromatic ring is 1. The quantitative estimate of drug-likeness (QED) is 0.561. The second-order valence-electron chi connectivity index (χ2n) is 6.20. The smallest absolute Gasteiger partial charge is 0.321 e. The number of rotatable bonds is 6. The van der Waals surface area contributed by atoms with E-state index in [9.17, 15) is 17.6 Å². The molecule has 2 aromatic carbocycles. The number of carboxylic acids is 1. The van der Waals surface area contributed by atoms with Gasteiger partial charge in [0.15, 0.2) is 0 Å². The van der Waals surface area contributed by atoms with Gasteiger partial charge in [0.25, 0.3) is 0 Å². The lowest BCUT2D eigenvalue weighted by atomic mass is 10.0. The highest BCUT2D eigenvalue weighted by Gasteiger charge is 2.24. The second kappa shape index (κ2) is 7.94. The van der Waals surface area contributed by atoms with E-state index in [0.29, 0.717) is 5.56 Å². The van der Waals surface area contributed by atoms with Gasteiger partial charge in [-0.25, -0.2) is 17.8 Å². The van der Waals surface area contributed by atoms with Crippen LogP contribution in [0.5, 0.6) is 0 Å². The van der Waals surface area contributed by atoms with Crippen LogP contribution in [0.3, 0.4) is 0 Å². The Morgan fingerprint density at radius 1 is 1.14 bits per heavy atom. The molecule has 0 aliphatic carbocycles. The average molecular weight is 416 g/mol. The van der Waals surface area contributed by atoms with Crippen LogP contribution in [0.1, 0.15) is 6.92 Å². The van der Waals surface area contributed by atoms with Crippen molar-refractivity contribution in [1.82, 2.24) is 14.7 Å². The maximum atomic E-state index is 14.7. The number of hydrogen-bond donors (Lipinski definition) is 3. The minimum atomic E-state index is -4.15. The fraction of sp³-hybridized carbons (Fsp3) is 0.105. The van der Waals surface area contributed by atoms with Gasteiger partial charge in [-0.05, 0) is 30.7 Å². The van der Waals surface area contributed by atoms with Crippen molar-refractivity contribution < 1.29 is 22.7 Å². The number of nitrogens with two attached hydrogens (primary N) is 1. The van der Waals surface area contributed by atoms with Crippen molar-refractivity contribution in [1.29, 1.82) is 0 Å². The first-order chi connectivity index (χ1) is 13.7. The molecule has 29 heavy (non-hydrogen) atoms. The number of benzene rings is 2. The number of aliphatic carboxylic acids is 1. The molecule has 0 fully saturated rings. The van der Waals surface area contributed by atoms with Gasteiger partial charge in [0.2, 0.25) is 10.0 Å². The lowest BCUT2D eigenvalue weighted by molar-refractivity contribution is -0.138. The lowest BCUT2D eigenvalue weighted by Crippen LogP contribution is -2.38. The third-order valence-electron chi connectivity index (χ3n) is 4.11. The molecule has 1 unspecified atom stereocenters. The van der Waals surface area contributed by atoms with Gasteiger partial charge < -0.3 is 10.8 Å². The molecule has 10 heteroatoms. The van der Waals surface area contributed by atoms with Gasteiger partial charge >= 0.3 is 5.97 Å². The number of hydrogen-bond acceptors (Lipinski definition) is 6. The Hall–Kier alpha value is -3.37. The molecule has 1 atom stereocenters. The van der Waals surface area contributed by atoms with Gasteiger partial charge in [-0.15, -0.1) is 0 Å². The standard InChI is InChI=1S/C19H17FN4O4S/c1-11(19(25)26)24-29(27,28)17-5-3-2-4-13(17)12-6-7-14(15(20)8-12)16-9-23-18(21)10-22-16/h2-11,24H,1H3,(H2,21,23)(H,25,26). The van der Waals surface area contributed by atoms with E-state index in [0.717, 1.165) is 0 Å². The molecule has 4 N–H and O–H groups in total. The fourth-order valence-corrected chi connectivity index (χ4v) is 4.08. The van der Waals surface area contributed by atoms with Crippen LogP contribution in [0, 0.1) is 5.82 Å². The van der Waals surface area contributed by atoms with Crippen molar-refractivity contribution >= 4 is 21.8 Å². The van der Waals surface area contributed by atoms with Crippen molar-refractivity contribution in [3.05, 3.63) is 60.7 Å². The predicted molar refractivity (Wildman–Crippen MR) is 105 cm³/mol. The Bertz CT molecular complexity index is 1170. The molecule has 0 aliphatic rings. The Morgan fingerprint density at radius 3 is 2.48 bits per heavy atom. The van der Waals surface area contributed by atoms with Crippen molar-refractivity contribution in [2.24, 2.45) is 0 Å². The summed E-state index contributed by atoms with van der Waals surface area (Å²) in [4.78, 5) is 18.8. The molecule has 150 valence electrons. The molecule has 0 spiro atoms. The number of halogens is 1. The normalized spacial score (nSPS) is 12.5. The summed E-state index contributed by atoms with van der Waals surface area (Å²) in [5, 5.41) is 8.98. The van der Waals surface area contributed by atoms with Gasteiger partial charge in [0.05, 0.1) is 23.0 Å². The van der Waals surface area contributed by atoms with Gasteiger partial charge in [-0.2, -0.15) is 4.72 Å². The number of nitrogens with one attached hydrogen (secondary N) is 1. The number of sulfonamides is 1. The predicted octanol–water partition coefficient (Wildman–Crippen LogP) is 2.28. The molecule has 8 nitrogen and oxygen atoms in total. The van der Waals surface area contributed by atoms with Crippen LogP contribution in [-0.4, -0.2) is 35.5 Å². The van der Waals surface area contributed by atoms with E-state index in [2.05, 4.69) is 14.7 Å². The molecular formula is C19H17FN4O4S. The van der Waals surface area contributed by atoms with Gasteiger partial charge in [-0.3, -0.25) is 9.78 Å². The van der Waals surface area contributed by atoms with Crippen LogP contribution in [0.4, 0.5) is 10.2 Å². The SMILES string of the molecule is CC(NS(=O)(=O)c1ccccc1-c1ccc(-c2cnc(N)cn2)c(F)c1)C(=O)O. The first kappa shape index (κ1) is 20.4. The fourth-order valence-electron chi connectivity index (χ4n) is 2.65. The van der Waals surface area contributed by atoms with E-state index in [1.807, 2.05) is 0 Å². The van der Waals surface area contributed by atoms with Crippen molar-refractivity contribution in [2.75, 3.05) is 5.73 Å². The molecule has 0 saturated heterocycles. The zero-order valence-corrected chi connectivity index (χ0v) is 16.0. The number of carbonyl (C=O) groups is 1. The molecule has 0 bridgehead atoms. The van der Waals surface area contributed by atoms with Crippen LogP contribution in [-0.2, 0) is 14.8 Å². The Labute approximate surface area is 166 Å². The van der Waals surface area contributed by atoms with E-state index in [-0.39, 0.29) is 27.5 Å². The van der Waals surface area contributed by atoms with Gasteiger partial charge in [0.1, 0.15) is 17.7 Å². The molecule has 0 saturated carbocycles. The first-order valence-electron chi connectivity index (χ1n) is 8.41. The number of anilines is 1. The molecule has 0 radical (unpaired) electrons. The zero-order chi connectivity index (χ0) is 21.2. The van der Waals surface area contributed by atoms with Crippen molar-refractivity contribution in [3.63, 3.8) is 0 Å². The maximum absolute atomic E-state index is 14.7. The van der Waals surface area contributed by atoms with Gasteiger partial charge in [-0.1, -0.05) is 24.3 Å². The minimum Gasteiger partial charge on any atom is -0.480 e. The minimum absolute atomic E-state index is 0.160. The first-order valence-corrected chi connectivity index (χ1v) is 9.89. The molecule has 3 rings (SSSR count). The summed E-state index contributed by atoms with van der Waals surface area (Å²) >= 11 is 0. The third-order valence-corrected chi connectivity index (χ3v) is 5.71. The highest BCUT2D eigenvalue weighted by atomic mass is 32.2. The second-order valence-corrected chi connectivity index (χ2v) is 7.88. The third kappa shape index (κ3) is 4.39. The molecule has 3 aromatic rings. The number of aromatic nitrogens is 2. The summed E-state index contributed by atoms with van der Waals surface area (Å²) in [6.07, 6.45) is 2.64. The van der Waals surface area contributed by atoms with E-state index < -0.39 is 27.9 Å². The summed E-state index contributed by atoms with van der Waals surface area (Å²) < 4.78 is 42.1. The largest absolute Gasteiger partial charge is 0.480 e. The van der Waals surface area contributed by atoms with Crippen molar-refractivity contribution in [3.8, 4) is 22.4 Å². The van der Waals surface area contributed by atoms with Crippen LogP contribution >= 0.6 is 0 Å². The van der Waals surface area contributed by atoms with Gasteiger partial charge in [0, 0.05) is 11.1 Å². The van der Waals surface area contributed by atoms with E-state index in [1.165, 1.54) is 49.6 Å². The molecule has 0 aliphatic heterocycles. The monoisotopic (exact) mass is 416 g/mol. The van der Waals surface area contributed by atoms with Crippen molar-refractivity contribution in [2.45, 2.75) is 17.9 Å². The summed E-state index contributed by atoms with van der Waals surface area (Å²) in [5.74, 6) is -1.74. The average Bonchev–Trinajstić information content (AvgIpc) is 2.68. The molecular weight excluding hydrogens is 399 g/mol. The number of carboxylic acid groups (broad SMARTS) is 1. The highest BCUT2D eigenvalue weighted by Crippen LogP contribution is 2.31. The maximum Gasteiger partial charge on any atom is 0.321 e. The summed E-state index contributed by atoms with van der Waals surface area (Å²) in [6, 6.07) is 8.80. The summed E-state index contributed by atoms with van der Waals surface area (Å²) in [7, 11) is -4.15. The summed E-state index contributed by atoms with van der Waals surface area (Å²) in [6.45, 7) is 1.21. The van der Waals surface area contributed by atoms with E-state index in [1.54, 1.807) is 12.1 Å². The molecule has 1 heterocycles. The topological polar surface area (TPSA) is 135 Å². The highest BCUT2D eigenvalue weighted by molar-refractivity contribution is 7.89. The molecule has 0 amide bonds. The summed E-state index contributed by atoms with van der Waals surface area (Å²) in [5.41, 5.74) is 6.48. The van der Waals surface area contributed by atoms with Crippen LogP contribution in [0.15, 0.2) is 59.8 Å². The van der Waals surface area contributed by atoms with Crippen LogP contribution < -0.4 is 10.5 Å². The Kier molecular flexibility index (Phi) is 5.57. The van der Waals surface area contributed by atoms with Crippen LogP contribution in [0.25, 0.3) is 22.4 Å². The number of nitrogens with zero attached hydrogens (tertiary/aromatic N) is 2.